The minimum Gasteiger partial charge on any atom is -0.453 e. The van der Waals surface area contributed by atoms with Gasteiger partial charge < -0.3 is 14.8 Å². The maximum absolute atomic E-state index is 13.3. The average Bonchev–Trinajstić information content (AvgIpc) is 2.98. The zero-order valence-electron chi connectivity index (χ0n) is 24.1. The Morgan fingerprint density at radius 2 is 1.45 bits per heavy atom. The number of methoxy groups -OCH3 is 1. The molecule has 3 amide bonds. The molecule has 0 fully saturated rings. The molecule has 0 unspecified atom stereocenters. The van der Waals surface area contributed by atoms with E-state index in [2.05, 4.69) is 20.4 Å². The molecule has 0 bridgehead atoms. The fourth-order valence-electron chi connectivity index (χ4n) is 4.17. The number of hydrogen-bond acceptors (Lipinski definition) is 6. The van der Waals surface area contributed by atoms with E-state index in [4.69, 9.17) is 4.74 Å². The van der Waals surface area contributed by atoms with Crippen molar-refractivity contribution in [2.24, 2.45) is 0 Å². The third kappa shape index (κ3) is 8.17. The van der Waals surface area contributed by atoms with Gasteiger partial charge in [-0.3, -0.25) is 20.0 Å². The van der Waals surface area contributed by atoms with Crippen molar-refractivity contribution in [1.82, 2.24) is 4.98 Å². The van der Waals surface area contributed by atoms with Gasteiger partial charge in [0, 0.05) is 47.5 Å². The summed E-state index contributed by atoms with van der Waals surface area (Å²) in [6.07, 6.45) is 1.25. The minimum absolute atomic E-state index is 0.283. The van der Waals surface area contributed by atoms with Gasteiger partial charge >= 0.3 is 12.2 Å². The molecule has 4 aromatic rings. The van der Waals surface area contributed by atoms with E-state index in [0.29, 0.717) is 35.6 Å². The van der Waals surface area contributed by atoms with Gasteiger partial charge in [-0.2, -0.15) is 0 Å². The van der Waals surface area contributed by atoms with Crippen LogP contribution in [0.1, 0.15) is 36.8 Å². The van der Waals surface area contributed by atoms with Crippen LogP contribution in [0.3, 0.4) is 0 Å². The molecule has 0 saturated carbocycles. The summed E-state index contributed by atoms with van der Waals surface area (Å²) >= 11 is 0. The lowest BCUT2D eigenvalue weighted by Gasteiger charge is -2.27. The molecule has 3 aromatic carbocycles. The lowest BCUT2D eigenvalue weighted by molar-refractivity contribution is 0.0580. The van der Waals surface area contributed by atoms with Crippen molar-refractivity contribution in [3.63, 3.8) is 0 Å². The lowest BCUT2D eigenvalue weighted by atomic mass is 9.99. The van der Waals surface area contributed by atoms with Crippen LogP contribution in [0, 0.1) is 0 Å². The molecule has 0 aliphatic rings. The van der Waals surface area contributed by atoms with Gasteiger partial charge in [0.15, 0.2) is 0 Å². The highest BCUT2D eigenvalue weighted by Gasteiger charge is 2.24. The van der Waals surface area contributed by atoms with Gasteiger partial charge in [-0.25, -0.2) is 9.59 Å². The number of benzene rings is 3. The summed E-state index contributed by atoms with van der Waals surface area (Å²) < 4.78 is 10.3. The fourth-order valence-corrected chi connectivity index (χ4v) is 4.17. The SMILES string of the molecule is COC(=O)Nc1ccc(-c2ccccc2C(=O)Nc2ccc(N(CCc3ccccn3)C(=O)OC(C)(C)C)cc2)cc1. The van der Waals surface area contributed by atoms with Crippen molar-refractivity contribution < 1.29 is 23.9 Å². The van der Waals surface area contributed by atoms with E-state index in [0.717, 1.165) is 16.8 Å². The van der Waals surface area contributed by atoms with E-state index < -0.39 is 17.8 Å². The number of carbonyl (C=O) groups excluding carboxylic acids is 3. The van der Waals surface area contributed by atoms with Crippen LogP contribution < -0.4 is 15.5 Å². The van der Waals surface area contributed by atoms with Crippen LogP contribution in [0.15, 0.2) is 97.2 Å². The van der Waals surface area contributed by atoms with Crippen LogP contribution in [0.5, 0.6) is 0 Å². The molecule has 0 aliphatic heterocycles. The smallest absolute Gasteiger partial charge is 0.414 e. The van der Waals surface area contributed by atoms with Crippen LogP contribution in [-0.4, -0.2) is 42.3 Å². The van der Waals surface area contributed by atoms with Crippen molar-refractivity contribution in [3.05, 3.63) is 108 Å². The Balaban J connectivity index is 1.50. The second-order valence-corrected chi connectivity index (χ2v) is 10.4. The molecular formula is C33H34N4O5. The molecule has 9 nitrogen and oxygen atoms in total. The monoisotopic (exact) mass is 566 g/mol. The van der Waals surface area contributed by atoms with Gasteiger partial charge in [-0.05, 0) is 86.5 Å². The highest BCUT2D eigenvalue weighted by atomic mass is 16.6. The lowest BCUT2D eigenvalue weighted by Crippen LogP contribution is -2.38. The molecule has 42 heavy (non-hydrogen) atoms. The third-order valence-corrected chi connectivity index (χ3v) is 6.17. The predicted molar refractivity (Wildman–Crippen MR) is 164 cm³/mol. The number of pyridine rings is 1. The highest BCUT2D eigenvalue weighted by molar-refractivity contribution is 6.09. The van der Waals surface area contributed by atoms with E-state index in [-0.39, 0.29) is 5.91 Å². The Labute approximate surface area is 245 Å². The maximum atomic E-state index is 13.3. The van der Waals surface area contributed by atoms with E-state index >= 15 is 0 Å². The largest absolute Gasteiger partial charge is 0.453 e. The Morgan fingerprint density at radius 1 is 0.810 bits per heavy atom. The van der Waals surface area contributed by atoms with Crippen LogP contribution >= 0.6 is 0 Å². The van der Waals surface area contributed by atoms with Gasteiger partial charge in [0.2, 0.25) is 0 Å². The Hall–Kier alpha value is -5.18. The number of ether oxygens (including phenoxy) is 2. The molecule has 0 atom stereocenters. The van der Waals surface area contributed by atoms with E-state index in [1.807, 2.05) is 63.2 Å². The third-order valence-electron chi connectivity index (χ3n) is 6.17. The fraction of sp³-hybridized carbons (Fsp3) is 0.212. The van der Waals surface area contributed by atoms with E-state index in [9.17, 15) is 14.4 Å². The van der Waals surface area contributed by atoms with Crippen LogP contribution in [0.2, 0.25) is 0 Å². The second-order valence-electron chi connectivity index (χ2n) is 10.4. The van der Waals surface area contributed by atoms with Gasteiger partial charge in [0.1, 0.15) is 5.60 Å². The summed E-state index contributed by atoms with van der Waals surface area (Å²) in [4.78, 5) is 43.8. The van der Waals surface area contributed by atoms with Crippen LogP contribution in [0.4, 0.5) is 26.7 Å². The van der Waals surface area contributed by atoms with Gasteiger partial charge in [0.25, 0.3) is 5.91 Å². The predicted octanol–water partition coefficient (Wildman–Crippen LogP) is 7.16. The molecule has 9 heteroatoms. The summed E-state index contributed by atoms with van der Waals surface area (Å²) in [7, 11) is 1.30. The molecule has 1 heterocycles. The summed E-state index contributed by atoms with van der Waals surface area (Å²) in [5.74, 6) is -0.283. The number of anilines is 3. The topological polar surface area (TPSA) is 110 Å². The second kappa shape index (κ2) is 13.5. The first-order valence-corrected chi connectivity index (χ1v) is 13.5. The van der Waals surface area contributed by atoms with Crippen molar-refractivity contribution >= 4 is 35.2 Å². The van der Waals surface area contributed by atoms with Crippen molar-refractivity contribution in [3.8, 4) is 11.1 Å². The van der Waals surface area contributed by atoms with Gasteiger partial charge in [0.05, 0.1) is 7.11 Å². The molecule has 2 N–H and O–H groups in total. The van der Waals surface area contributed by atoms with Gasteiger partial charge in [-0.1, -0.05) is 36.4 Å². The molecule has 0 aliphatic carbocycles. The summed E-state index contributed by atoms with van der Waals surface area (Å²) in [5, 5.41) is 5.56. The molecule has 0 saturated heterocycles. The van der Waals surface area contributed by atoms with Crippen molar-refractivity contribution in [1.29, 1.82) is 0 Å². The summed E-state index contributed by atoms with van der Waals surface area (Å²) in [5.41, 5.74) is 4.04. The molecule has 0 radical (unpaired) electrons. The minimum atomic E-state index is -0.653. The number of carbonyl (C=O) groups is 3. The maximum Gasteiger partial charge on any atom is 0.414 e. The molecule has 1 aromatic heterocycles. The van der Waals surface area contributed by atoms with E-state index in [1.165, 1.54) is 7.11 Å². The number of aromatic nitrogens is 1. The number of nitrogens with one attached hydrogen (secondary N) is 2. The van der Waals surface area contributed by atoms with Gasteiger partial charge in [-0.15, -0.1) is 0 Å². The van der Waals surface area contributed by atoms with Crippen LogP contribution in [0.25, 0.3) is 11.1 Å². The first kappa shape index (κ1) is 29.8. The first-order valence-electron chi connectivity index (χ1n) is 13.5. The quantitative estimate of drug-likeness (QED) is 0.234. The average molecular weight is 567 g/mol. The van der Waals surface area contributed by atoms with Crippen molar-refractivity contribution in [2.75, 3.05) is 29.2 Å². The molecule has 0 spiro atoms. The zero-order valence-corrected chi connectivity index (χ0v) is 24.1. The number of amides is 3. The Morgan fingerprint density at radius 3 is 2.10 bits per heavy atom. The van der Waals surface area contributed by atoms with Crippen molar-refractivity contribution in [2.45, 2.75) is 32.8 Å². The molecule has 4 rings (SSSR count). The summed E-state index contributed by atoms with van der Waals surface area (Å²) in [6, 6.07) is 27.1. The van der Waals surface area contributed by atoms with E-state index in [1.54, 1.807) is 59.6 Å². The Bertz CT molecular complexity index is 1520. The highest BCUT2D eigenvalue weighted by Crippen LogP contribution is 2.27. The first-order chi connectivity index (χ1) is 20.1. The zero-order chi connectivity index (χ0) is 30.1. The number of rotatable bonds is 8. The number of hydrogen-bond donors (Lipinski definition) is 2. The normalized spacial score (nSPS) is 10.9. The summed E-state index contributed by atoms with van der Waals surface area (Å²) in [6.45, 7) is 5.85. The Kier molecular flexibility index (Phi) is 9.54. The standard InChI is InChI=1S/C33H34N4O5/c1-33(2,3)42-32(40)37(22-20-24-9-7-8-21-34-24)27-18-16-25(17-19-27)35-30(38)29-11-6-5-10-28(29)23-12-14-26(15-13-23)36-31(39)41-4/h5-19,21H,20,22H2,1-4H3,(H,35,38)(H,36,39). The molecular weight excluding hydrogens is 532 g/mol. The number of nitrogens with zero attached hydrogens (tertiary/aromatic N) is 2. The van der Waals surface area contributed by atoms with Crippen LogP contribution in [-0.2, 0) is 15.9 Å². The molecule has 216 valence electrons.